The molecular weight excluding hydrogens is 353 g/mol. The second kappa shape index (κ2) is 5.85. The molecule has 1 aromatic heterocycles. The summed E-state index contributed by atoms with van der Waals surface area (Å²) >= 11 is 9.13. The number of furan rings is 1. The summed E-state index contributed by atoms with van der Waals surface area (Å²) in [5, 5.41) is 12.1. The van der Waals surface area contributed by atoms with Crippen molar-refractivity contribution in [1.29, 1.82) is 0 Å². The number of nitrogens with one attached hydrogen (secondary N) is 1. The first-order valence-electron chi connectivity index (χ1n) is 5.59. The second-order valence-electron chi connectivity index (χ2n) is 4.13. The van der Waals surface area contributed by atoms with Crippen LogP contribution in [-0.4, -0.2) is 11.1 Å². The van der Waals surface area contributed by atoms with Gasteiger partial charge >= 0.3 is 5.97 Å². The lowest BCUT2D eigenvalue weighted by molar-refractivity contribution is 0.0659. The Balaban J connectivity index is 2.17. The Morgan fingerprint density at radius 2 is 2.20 bits per heavy atom. The lowest BCUT2D eigenvalue weighted by Crippen LogP contribution is -2.00. The highest BCUT2D eigenvalue weighted by Crippen LogP contribution is 2.32. The summed E-state index contributed by atoms with van der Waals surface area (Å²) in [6.45, 7) is 1.88. The van der Waals surface area contributed by atoms with Crippen molar-refractivity contribution in [2.24, 2.45) is 0 Å². The van der Waals surface area contributed by atoms with E-state index in [4.69, 9.17) is 21.1 Å². The molecule has 2 N–H and O–H groups in total. The minimum Gasteiger partial charge on any atom is -0.475 e. The van der Waals surface area contributed by atoms with E-state index in [0.717, 1.165) is 0 Å². The van der Waals surface area contributed by atoms with Crippen LogP contribution in [-0.2, 0) is 6.54 Å². The molecule has 1 heterocycles. The molecule has 2 aromatic rings. The molecule has 20 heavy (non-hydrogen) atoms. The number of hydrogen-bond donors (Lipinski definition) is 2. The zero-order valence-electron chi connectivity index (χ0n) is 10.3. The molecule has 0 aliphatic heterocycles. The van der Waals surface area contributed by atoms with Gasteiger partial charge in [-0.05, 0) is 41.1 Å². The van der Waals surface area contributed by atoms with E-state index in [-0.39, 0.29) is 17.3 Å². The van der Waals surface area contributed by atoms with Gasteiger partial charge in [0.1, 0.15) is 11.6 Å². The van der Waals surface area contributed by atoms with Gasteiger partial charge in [-0.2, -0.15) is 0 Å². The molecule has 0 bridgehead atoms. The van der Waals surface area contributed by atoms with Crippen molar-refractivity contribution in [1.82, 2.24) is 0 Å². The van der Waals surface area contributed by atoms with Gasteiger partial charge in [0, 0.05) is 10.0 Å². The summed E-state index contributed by atoms with van der Waals surface area (Å²) < 4.78 is 18.8. The third-order valence-electron chi connectivity index (χ3n) is 2.61. The van der Waals surface area contributed by atoms with Crippen LogP contribution >= 0.6 is 27.5 Å². The van der Waals surface area contributed by atoms with Crippen molar-refractivity contribution < 1.29 is 18.7 Å². The van der Waals surface area contributed by atoms with Gasteiger partial charge < -0.3 is 14.8 Å². The van der Waals surface area contributed by atoms with E-state index in [2.05, 4.69) is 21.2 Å². The Morgan fingerprint density at radius 1 is 1.50 bits per heavy atom. The molecule has 0 spiro atoms. The highest BCUT2D eigenvalue weighted by atomic mass is 79.9. The average molecular weight is 363 g/mol. The molecule has 0 unspecified atom stereocenters. The minimum atomic E-state index is -1.12. The third-order valence-corrected chi connectivity index (χ3v) is 3.53. The van der Waals surface area contributed by atoms with E-state index >= 15 is 0 Å². The summed E-state index contributed by atoms with van der Waals surface area (Å²) in [5.41, 5.74) is 1.05. The van der Waals surface area contributed by atoms with Crippen LogP contribution in [0.4, 0.5) is 10.1 Å². The molecule has 2 rings (SSSR count). The summed E-state index contributed by atoms with van der Waals surface area (Å²) in [4.78, 5) is 10.9. The fraction of sp³-hybridized carbons (Fsp3) is 0.154. The molecular formula is C13H10BrClFNO3. The van der Waals surface area contributed by atoms with E-state index in [1.165, 1.54) is 12.1 Å². The van der Waals surface area contributed by atoms with Crippen molar-refractivity contribution in [2.75, 3.05) is 5.32 Å². The summed E-state index contributed by atoms with van der Waals surface area (Å²) in [5.74, 6) is -1.21. The van der Waals surface area contributed by atoms with Crippen LogP contribution < -0.4 is 5.32 Å². The highest BCUT2D eigenvalue weighted by molar-refractivity contribution is 9.10. The summed E-state index contributed by atoms with van der Waals surface area (Å²) in [6.07, 6.45) is 0. The Labute approximate surface area is 127 Å². The molecule has 0 amide bonds. The number of benzene rings is 1. The number of aryl methyl sites for hydroxylation is 1. The number of carbonyl (C=O) groups is 1. The molecule has 0 aliphatic carbocycles. The van der Waals surface area contributed by atoms with Gasteiger partial charge in [-0.3, -0.25) is 0 Å². The number of rotatable bonds is 4. The van der Waals surface area contributed by atoms with Crippen molar-refractivity contribution in [3.63, 3.8) is 0 Å². The van der Waals surface area contributed by atoms with E-state index in [1.807, 2.05) is 0 Å². The maximum atomic E-state index is 13.1. The third kappa shape index (κ3) is 3.13. The number of aromatic carboxylic acids is 1. The van der Waals surface area contributed by atoms with Gasteiger partial charge in [0.05, 0.1) is 17.3 Å². The van der Waals surface area contributed by atoms with Gasteiger partial charge in [0.2, 0.25) is 5.76 Å². The molecule has 7 heteroatoms. The van der Waals surface area contributed by atoms with Crippen LogP contribution in [0, 0.1) is 12.7 Å². The fourth-order valence-electron chi connectivity index (χ4n) is 1.73. The topological polar surface area (TPSA) is 62.5 Å². The predicted molar refractivity (Wildman–Crippen MR) is 76.8 cm³/mol. The molecule has 0 aliphatic rings. The van der Waals surface area contributed by atoms with Crippen molar-refractivity contribution in [2.45, 2.75) is 13.5 Å². The number of anilines is 1. The number of hydrogen-bond acceptors (Lipinski definition) is 3. The van der Waals surface area contributed by atoms with E-state index in [0.29, 0.717) is 21.5 Å². The summed E-state index contributed by atoms with van der Waals surface area (Å²) in [7, 11) is 0. The zero-order valence-corrected chi connectivity index (χ0v) is 12.7. The monoisotopic (exact) mass is 361 g/mol. The van der Waals surface area contributed by atoms with Crippen molar-refractivity contribution >= 4 is 39.2 Å². The zero-order chi connectivity index (χ0) is 14.9. The van der Waals surface area contributed by atoms with E-state index in [1.54, 1.807) is 13.0 Å². The minimum absolute atomic E-state index is 0.0916. The molecule has 1 aromatic carbocycles. The maximum Gasteiger partial charge on any atom is 0.372 e. The van der Waals surface area contributed by atoms with Crippen LogP contribution in [0.5, 0.6) is 0 Å². The van der Waals surface area contributed by atoms with E-state index < -0.39 is 11.8 Å². The lowest BCUT2D eigenvalue weighted by atomic mass is 10.2. The Hall–Kier alpha value is -1.53. The van der Waals surface area contributed by atoms with Crippen LogP contribution in [0.15, 0.2) is 27.1 Å². The largest absolute Gasteiger partial charge is 0.475 e. The quantitative estimate of drug-likeness (QED) is 0.843. The predicted octanol–water partition coefficient (Wildman–Crippen LogP) is 4.45. The molecule has 0 atom stereocenters. The first-order valence-corrected chi connectivity index (χ1v) is 6.76. The Morgan fingerprint density at radius 3 is 2.75 bits per heavy atom. The van der Waals surface area contributed by atoms with Crippen LogP contribution in [0.1, 0.15) is 21.9 Å². The van der Waals surface area contributed by atoms with Crippen LogP contribution in [0.25, 0.3) is 0 Å². The second-order valence-corrected chi connectivity index (χ2v) is 5.39. The number of carboxylic acid groups (broad SMARTS) is 1. The molecule has 106 valence electrons. The molecule has 4 nitrogen and oxygen atoms in total. The van der Waals surface area contributed by atoms with Gasteiger partial charge in [0.15, 0.2) is 0 Å². The molecule has 0 saturated carbocycles. The van der Waals surface area contributed by atoms with Gasteiger partial charge in [0.25, 0.3) is 0 Å². The average Bonchev–Trinajstić information content (AvgIpc) is 2.69. The van der Waals surface area contributed by atoms with Gasteiger partial charge in [-0.25, -0.2) is 9.18 Å². The Kier molecular flexibility index (Phi) is 4.35. The van der Waals surface area contributed by atoms with Gasteiger partial charge in [-0.15, -0.1) is 0 Å². The van der Waals surface area contributed by atoms with Crippen LogP contribution in [0.2, 0.25) is 5.02 Å². The lowest BCUT2D eigenvalue weighted by Gasteiger charge is -2.09. The standard InChI is InChI=1S/C13H10BrClFNO3/c1-6-2-8(20-12(6)13(18)19)5-17-11-9(14)3-7(16)4-10(11)15/h2-4,17H,5H2,1H3,(H,18,19). The summed E-state index contributed by atoms with van der Waals surface area (Å²) in [6, 6.07) is 4.09. The first-order chi connectivity index (χ1) is 9.38. The maximum absolute atomic E-state index is 13.1. The SMILES string of the molecule is Cc1cc(CNc2c(Cl)cc(F)cc2Br)oc1C(=O)O. The van der Waals surface area contributed by atoms with Crippen molar-refractivity contribution in [3.8, 4) is 0 Å². The fourth-order valence-corrected chi connectivity index (χ4v) is 2.69. The number of carboxylic acids is 1. The first kappa shape index (κ1) is 14.9. The normalized spacial score (nSPS) is 10.6. The highest BCUT2D eigenvalue weighted by Gasteiger charge is 2.15. The van der Waals surface area contributed by atoms with Gasteiger partial charge in [-0.1, -0.05) is 11.6 Å². The van der Waals surface area contributed by atoms with E-state index in [9.17, 15) is 9.18 Å². The number of halogens is 3. The Bertz CT molecular complexity index is 649. The van der Waals surface area contributed by atoms with Crippen molar-refractivity contribution in [3.05, 3.63) is 50.6 Å². The molecule has 0 fully saturated rings. The molecule has 0 saturated heterocycles. The van der Waals surface area contributed by atoms with Crippen LogP contribution in [0.3, 0.4) is 0 Å². The smallest absolute Gasteiger partial charge is 0.372 e. The molecule has 0 radical (unpaired) electrons.